The summed E-state index contributed by atoms with van der Waals surface area (Å²) in [5.41, 5.74) is 2.28. The lowest BCUT2D eigenvalue weighted by molar-refractivity contribution is -0.201. The number of fused-ring (bicyclic) bond motifs is 1. The van der Waals surface area contributed by atoms with Gasteiger partial charge in [-0.15, -0.1) is 0 Å². The van der Waals surface area contributed by atoms with Gasteiger partial charge in [-0.05, 0) is 13.0 Å². The van der Waals surface area contributed by atoms with Crippen LogP contribution >= 0.6 is 0 Å². The zero-order chi connectivity index (χ0) is 10.9. The molecular formula is C12H16O3. The molecule has 1 heterocycles. The van der Waals surface area contributed by atoms with Crippen LogP contribution < -0.4 is 4.74 Å². The van der Waals surface area contributed by atoms with Crippen molar-refractivity contribution >= 4 is 0 Å². The number of aliphatic hydroxyl groups is 1. The minimum atomic E-state index is -0.684. The van der Waals surface area contributed by atoms with Crippen LogP contribution in [0.5, 0.6) is 5.75 Å². The zero-order valence-electron chi connectivity index (χ0n) is 9.12. The summed E-state index contributed by atoms with van der Waals surface area (Å²) < 4.78 is 11.3. The van der Waals surface area contributed by atoms with E-state index in [1.165, 1.54) is 5.56 Å². The summed E-state index contributed by atoms with van der Waals surface area (Å²) in [6.07, 6.45) is 0.486. The van der Waals surface area contributed by atoms with Gasteiger partial charge in [0.15, 0.2) is 0 Å². The molecule has 82 valence electrons. The van der Waals surface area contributed by atoms with Crippen molar-refractivity contribution in [2.24, 2.45) is 0 Å². The fourth-order valence-corrected chi connectivity index (χ4v) is 1.74. The highest BCUT2D eigenvalue weighted by molar-refractivity contribution is 5.37. The minimum Gasteiger partial charge on any atom is -0.462 e. The number of aryl methyl sites for hydroxylation is 1. The van der Waals surface area contributed by atoms with Crippen molar-refractivity contribution in [3.05, 3.63) is 29.3 Å². The number of rotatable bonds is 2. The molecule has 3 heteroatoms. The van der Waals surface area contributed by atoms with Crippen LogP contribution in [0.2, 0.25) is 0 Å². The van der Waals surface area contributed by atoms with Gasteiger partial charge in [0.1, 0.15) is 5.75 Å². The summed E-state index contributed by atoms with van der Waals surface area (Å²) in [6, 6.07) is 6.04. The molecular weight excluding hydrogens is 192 g/mol. The third kappa shape index (κ3) is 2.13. The Balaban J connectivity index is 2.23. The maximum Gasteiger partial charge on any atom is 0.210 e. The fourth-order valence-electron chi connectivity index (χ4n) is 1.74. The zero-order valence-corrected chi connectivity index (χ0v) is 9.12. The normalized spacial score (nSPS) is 24.5. The molecule has 1 atom stereocenters. The number of ether oxygens (including phenoxy) is 2. The average molecular weight is 208 g/mol. The van der Waals surface area contributed by atoms with Crippen molar-refractivity contribution in [2.45, 2.75) is 32.7 Å². The van der Waals surface area contributed by atoms with E-state index in [-0.39, 0.29) is 6.61 Å². The van der Waals surface area contributed by atoms with Crippen molar-refractivity contribution < 1.29 is 14.6 Å². The van der Waals surface area contributed by atoms with Gasteiger partial charge in [-0.2, -0.15) is 0 Å². The minimum absolute atomic E-state index is 0.0672. The van der Waals surface area contributed by atoms with Gasteiger partial charge in [-0.3, -0.25) is 0 Å². The van der Waals surface area contributed by atoms with Gasteiger partial charge in [0.05, 0.1) is 6.61 Å². The molecule has 0 spiro atoms. The Morgan fingerprint density at radius 3 is 3.00 bits per heavy atom. The maximum absolute atomic E-state index is 8.92. The smallest absolute Gasteiger partial charge is 0.210 e. The molecule has 0 saturated carbocycles. The quantitative estimate of drug-likeness (QED) is 0.808. The first-order valence-corrected chi connectivity index (χ1v) is 5.16. The van der Waals surface area contributed by atoms with Gasteiger partial charge in [-0.25, -0.2) is 0 Å². The summed E-state index contributed by atoms with van der Waals surface area (Å²) >= 11 is 0. The van der Waals surface area contributed by atoms with Crippen LogP contribution in [-0.4, -0.2) is 17.5 Å². The van der Waals surface area contributed by atoms with Crippen molar-refractivity contribution in [3.63, 3.8) is 0 Å². The van der Waals surface area contributed by atoms with E-state index in [9.17, 15) is 0 Å². The van der Waals surface area contributed by atoms with Crippen molar-refractivity contribution in [2.75, 3.05) is 6.61 Å². The van der Waals surface area contributed by atoms with Gasteiger partial charge in [0.25, 0.3) is 0 Å². The Morgan fingerprint density at radius 2 is 2.27 bits per heavy atom. The van der Waals surface area contributed by atoms with Gasteiger partial charge in [0.2, 0.25) is 5.79 Å². The largest absolute Gasteiger partial charge is 0.462 e. The SMILES string of the molecule is Cc1ccc2c(c1)COC(C)(CCO)O2. The van der Waals surface area contributed by atoms with E-state index in [1.807, 2.05) is 26.0 Å². The van der Waals surface area contributed by atoms with Crippen LogP contribution in [0.3, 0.4) is 0 Å². The summed E-state index contributed by atoms with van der Waals surface area (Å²) in [6.45, 7) is 4.51. The van der Waals surface area contributed by atoms with Crippen LogP contribution in [0, 0.1) is 6.92 Å². The van der Waals surface area contributed by atoms with Crippen molar-refractivity contribution in [1.82, 2.24) is 0 Å². The van der Waals surface area contributed by atoms with Crippen LogP contribution in [0.4, 0.5) is 0 Å². The van der Waals surface area contributed by atoms with Gasteiger partial charge >= 0.3 is 0 Å². The molecule has 0 bridgehead atoms. The van der Waals surface area contributed by atoms with E-state index in [0.29, 0.717) is 13.0 Å². The molecule has 15 heavy (non-hydrogen) atoms. The van der Waals surface area contributed by atoms with E-state index in [4.69, 9.17) is 14.6 Å². The number of benzene rings is 1. The van der Waals surface area contributed by atoms with E-state index in [0.717, 1.165) is 11.3 Å². The highest BCUT2D eigenvalue weighted by atomic mass is 16.7. The molecule has 2 rings (SSSR count). The molecule has 1 aromatic carbocycles. The first kappa shape index (κ1) is 10.5. The van der Waals surface area contributed by atoms with Crippen LogP contribution in [0.25, 0.3) is 0 Å². The second-order valence-corrected chi connectivity index (χ2v) is 4.11. The van der Waals surface area contributed by atoms with Crippen LogP contribution in [0.15, 0.2) is 18.2 Å². The average Bonchev–Trinajstić information content (AvgIpc) is 2.19. The Labute approximate surface area is 89.6 Å². The lowest BCUT2D eigenvalue weighted by Crippen LogP contribution is -2.39. The van der Waals surface area contributed by atoms with Gasteiger partial charge in [0, 0.05) is 25.5 Å². The van der Waals surface area contributed by atoms with Crippen LogP contribution in [0.1, 0.15) is 24.5 Å². The Hall–Kier alpha value is -1.06. The summed E-state index contributed by atoms with van der Waals surface area (Å²) in [5, 5.41) is 8.92. The molecule has 0 saturated heterocycles. The van der Waals surface area contributed by atoms with Gasteiger partial charge in [-0.1, -0.05) is 17.7 Å². The molecule has 0 amide bonds. The highest BCUT2D eigenvalue weighted by Gasteiger charge is 2.31. The molecule has 1 aliphatic rings. The van der Waals surface area contributed by atoms with Crippen LogP contribution in [-0.2, 0) is 11.3 Å². The van der Waals surface area contributed by atoms with Crippen molar-refractivity contribution in [1.29, 1.82) is 0 Å². The molecule has 0 fully saturated rings. The van der Waals surface area contributed by atoms with Crippen molar-refractivity contribution in [3.8, 4) is 5.75 Å². The predicted octanol–water partition coefficient (Wildman–Crippen LogP) is 2.00. The molecule has 0 aromatic heterocycles. The summed E-state index contributed by atoms with van der Waals surface area (Å²) in [4.78, 5) is 0. The monoisotopic (exact) mass is 208 g/mol. The fraction of sp³-hybridized carbons (Fsp3) is 0.500. The first-order chi connectivity index (χ1) is 7.13. The van der Waals surface area contributed by atoms with Gasteiger partial charge < -0.3 is 14.6 Å². The third-order valence-electron chi connectivity index (χ3n) is 2.64. The summed E-state index contributed by atoms with van der Waals surface area (Å²) in [7, 11) is 0. The number of aliphatic hydroxyl groups excluding tert-OH is 1. The Kier molecular flexibility index (Phi) is 2.67. The predicted molar refractivity (Wildman–Crippen MR) is 56.7 cm³/mol. The maximum atomic E-state index is 8.92. The van der Waals surface area contributed by atoms with E-state index < -0.39 is 5.79 Å². The standard InChI is InChI=1S/C12H16O3/c1-9-3-4-11-10(7-9)8-14-12(2,15-11)5-6-13/h3-4,7,13H,5-6,8H2,1-2H3. The second kappa shape index (κ2) is 3.83. The second-order valence-electron chi connectivity index (χ2n) is 4.11. The third-order valence-corrected chi connectivity index (χ3v) is 2.64. The van der Waals surface area contributed by atoms with E-state index >= 15 is 0 Å². The summed E-state index contributed by atoms with van der Waals surface area (Å²) in [5.74, 6) is 0.180. The molecule has 3 nitrogen and oxygen atoms in total. The van der Waals surface area contributed by atoms with E-state index in [1.54, 1.807) is 0 Å². The molecule has 0 radical (unpaired) electrons. The lowest BCUT2D eigenvalue weighted by Gasteiger charge is -2.35. The molecule has 1 aromatic rings. The number of hydrogen-bond acceptors (Lipinski definition) is 3. The lowest BCUT2D eigenvalue weighted by atomic mass is 10.1. The number of hydrogen-bond donors (Lipinski definition) is 1. The highest BCUT2D eigenvalue weighted by Crippen LogP contribution is 2.33. The van der Waals surface area contributed by atoms with E-state index in [2.05, 4.69) is 6.07 Å². The topological polar surface area (TPSA) is 38.7 Å². The molecule has 1 aliphatic heterocycles. The molecule has 1 unspecified atom stereocenters. The molecule has 1 N–H and O–H groups in total. The Morgan fingerprint density at radius 1 is 1.47 bits per heavy atom. The Bertz CT molecular complexity index is 362. The first-order valence-electron chi connectivity index (χ1n) is 5.16. The molecule has 0 aliphatic carbocycles.